The van der Waals surface area contributed by atoms with E-state index in [-0.39, 0.29) is 17.7 Å². The summed E-state index contributed by atoms with van der Waals surface area (Å²) in [5.41, 5.74) is 2.76. The van der Waals surface area contributed by atoms with Crippen molar-refractivity contribution in [2.75, 3.05) is 10.6 Å². The predicted octanol–water partition coefficient (Wildman–Crippen LogP) is 3.68. The molecule has 0 spiro atoms. The first-order valence-corrected chi connectivity index (χ1v) is 8.72. The molecular weight excluding hydrogens is 308 g/mol. The van der Waals surface area contributed by atoms with E-state index in [1.165, 1.54) is 9.75 Å². The lowest BCUT2D eigenvalue weighted by Gasteiger charge is -2.17. The smallest absolute Gasteiger partial charge is 0.228 e. The Morgan fingerprint density at radius 3 is 2.91 bits per heavy atom. The summed E-state index contributed by atoms with van der Waals surface area (Å²) in [6.45, 7) is 2.09. The average Bonchev–Trinajstić information content (AvgIpc) is 3.22. The summed E-state index contributed by atoms with van der Waals surface area (Å²) in [5, 5.41) is 5.88. The summed E-state index contributed by atoms with van der Waals surface area (Å²) < 4.78 is 0. The van der Waals surface area contributed by atoms with Crippen molar-refractivity contribution in [3.8, 4) is 0 Å². The van der Waals surface area contributed by atoms with E-state index in [0.717, 1.165) is 29.8 Å². The summed E-state index contributed by atoms with van der Waals surface area (Å²) in [4.78, 5) is 26.4. The molecule has 1 aliphatic carbocycles. The number of amides is 2. The van der Waals surface area contributed by atoms with Crippen molar-refractivity contribution in [1.82, 2.24) is 0 Å². The Kier molecular flexibility index (Phi) is 3.45. The zero-order valence-corrected chi connectivity index (χ0v) is 13.7. The Labute approximate surface area is 138 Å². The van der Waals surface area contributed by atoms with Gasteiger partial charge in [-0.25, -0.2) is 0 Å². The van der Waals surface area contributed by atoms with Gasteiger partial charge in [-0.3, -0.25) is 9.59 Å². The standard InChI is InChI=1S/C18H18N2O2S/c1-10-2-6-16(23-10)13-9-14(13)18(22)19-12-4-5-15-11(8-12)3-7-17(21)20-15/h2,4-6,8,13-14H,3,7,9H2,1H3,(H,19,22)(H,20,21)/t13-,14+/m0/s1. The largest absolute Gasteiger partial charge is 0.326 e. The molecule has 1 saturated carbocycles. The highest BCUT2D eigenvalue weighted by Gasteiger charge is 2.44. The first-order chi connectivity index (χ1) is 11.1. The summed E-state index contributed by atoms with van der Waals surface area (Å²) in [5.74, 6) is 0.622. The number of carbonyl (C=O) groups excluding carboxylic acids is 2. The number of thiophene rings is 1. The van der Waals surface area contributed by atoms with Crippen LogP contribution in [0.15, 0.2) is 30.3 Å². The summed E-state index contributed by atoms with van der Waals surface area (Å²) >= 11 is 1.78. The van der Waals surface area contributed by atoms with Crippen molar-refractivity contribution in [3.05, 3.63) is 45.6 Å². The van der Waals surface area contributed by atoms with Gasteiger partial charge in [-0.15, -0.1) is 11.3 Å². The van der Waals surface area contributed by atoms with Crippen LogP contribution in [0.4, 0.5) is 11.4 Å². The van der Waals surface area contributed by atoms with Crippen LogP contribution in [0, 0.1) is 12.8 Å². The normalized spacial score (nSPS) is 22.2. The van der Waals surface area contributed by atoms with Crippen molar-refractivity contribution in [2.45, 2.75) is 32.1 Å². The van der Waals surface area contributed by atoms with Crippen LogP contribution in [-0.2, 0) is 16.0 Å². The van der Waals surface area contributed by atoms with Crippen LogP contribution in [0.25, 0.3) is 0 Å². The molecule has 1 aromatic heterocycles. The number of nitrogens with one attached hydrogen (secondary N) is 2. The molecule has 4 nitrogen and oxygen atoms in total. The maximum Gasteiger partial charge on any atom is 0.228 e. The van der Waals surface area contributed by atoms with Gasteiger partial charge in [0, 0.05) is 39.4 Å². The van der Waals surface area contributed by atoms with Crippen LogP contribution in [0.3, 0.4) is 0 Å². The number of carbonyl (C=O) groups is 2. The maximum atomic E-state index is 12.4. The Morgan fingerprint density at radius 2 is 2.13 bits per heavy atom. The van der Waals surface area contributed by atoms with Gasteiger partial charge < -0.3 is 10.6 Å². The van der Waals surface area contributed by atoms with E-state index >= 15 is 0 Å². The number of hydrogen-bond acceptors (Lipinski definition) is 3. The number of hydrogen-bond donors (Lipinski definition) is 2. The minimum atomic E-state index is 0.0568. The fourth-order valence-electron chi connectivity index (χ4n) is 3.15. The van der Waals surface area contributed by atoms with Gasteiger partial charge in [0.25, 0.3) is 0 Å². The highest BCUT2D eigenvalue weighted by molar-refractivity contribution is 7.12. The molecule has 2 aliphatic rings. The fraction of sp³-hybridized carbons (Fsp3) is 0.333. The minimum Gasteiger partial charge on any atom is -0.326 e. The van der Waals surface area contributed by atoms with Gasteiger partial charge in [0.05, 0.1) is 0 Å². The fourth-order valence-corrected chi connectivity index (χ4v) is 4.20. The molecule has 0 saturated heterocycles. The van der Waals surface area contributed by atoms with Gasteiger partial charge in [0.2, 0.25) is 11.8 Å². The van der Waals surface area contributed by atoms with Gasteiger partial charge in [-0.05, 0) is 55.7 Å². The first kappa shape index (κ1) is 14.5. The van der Waals surface area contributed by atoms with Crippen molar-refractivity contribution < 1.29 is 9.59 Å². The van der Waals surface area contributed by atoms with E-state index in [0.29, 0.717) is 12.3 Å². The molecule has 1 aliphatic heterocycles. The van der Waals surface area contributed by atoms with Gasteiger partial charge in [0.1, 0.15) is 0 Å². The third-order valence-electron chi connectivity index (χ3n) is 4.52. The highest BCUT2D eigenvalue weighted by atomic mass is 32.1. The number of benzene rings is 1. The zero-order valence-electron chi connectivity index (χ0n) is 12.9. The minimum absolute atomic E-state index is 0.0568. The summed E-state index contributed by atoms with van der Waals surface area (Å²) in [7, 11) is 0. The molecule has 1 aromatic carbocycles. The van der Waals surface area contributed by atoms with E-state index in [1.807, 2.05) is 18.2 Å². The van der Waals surface area contributed by atoms with E-state index in [1.54, 1.807) is 11.3 Å². The van der Waals surface area contributed by atoms with E-state index in [4.69, 9.17) is 0 Å². The topological polar surface area (TPSA) is 58.2 Å². The Hall–Kier alpha value is -2.14. The Balaban J connectivity index is 1.43. The third-order valence-corrected chi connectivity index (χ3v) is 5.65. The van der Waals surface area contributed by atoms with Crippen LogP contribution in [-0.4, -0.2) is 11.8 Å². The maximum absolute atomic E-state index is 12.4. The molecule has 2 heterocycles. The number of aryl methyl sites for hydroxylation is 2. The summed E-state index contributed by atoms with van der Waals surface area (Å²) in [6.07, 6.45) is 2.17. The highest BCUT2D eigenvalue weighted by Crippen LogP contribution is 2.50. The van der Waals surface area contributed by atoms with Gasteiger partial charge >= 0.3 is 0 Å². The molecule has 2 N–H and O–H groups in total. The molecule has 118 valence electrons. The molecule has 0 radical (unpaired) electrons. The lowest BCUT2D eigenvalue weighted by Crippen LogP contribution is -2.20. The molecular formula is C18H18N2O2S. The molecule has 2 atom stereocenters. The average molecular weight is 326 g/mol. The van der Waals surface area contributed by atoms with Crippen LogP contribution in [0.1, 0.15) is 34.1 Å². The summed E-state index contributed by atoms with van der Waals surface area (Å²) in [6, 6.07) is 9.95. The van der Waals surface area contributed by atoms with Crippen molar-refractivity contribution in [1.29, 1.82) is 0 Å². The van der Waals surface area contributed by atoms with Crippen molar-refractivity contribution >= 4 is 34.5 Å². The predicted molar refractivity (Wildman–Crippen MR) is 91.9 cm³/mol. The van der Waals surface area contributed by atoms with Gasteiger partial charge in [-0.1, -0.05) is 0 Å². The molecule has 0 unspecified atom stereocenters. The molecule has 2 amide bonds. The first-order valence-electron chi connectivity index (χ1n) is 7.90. The Morgan fingerprint density at radius 1 is 1.26 bits per heavy atom. The second kappa shape index (κ2) is 5.49. The van der Waals surface area contributed by atoms with Crippen LogP contribution >= 0.6 is 11.3 Å². The Bertz CT molecular complexity index is 796. The lowest BCUT2D eigenvalue weighted by molar-refractivity contribution is -0.117. The van der Waals surface area contributed by atoms with Crippen molar-refractivity contribution in [3.63, 3.8) is 0 Å². The number of fused-ring (bicyclic) bond motifs is 1. The molecule has 1 fully saturated rings. The van der Waals surface area contributed by atoms with E-state index in [2.05, 4.69) is 29.7 Å². The van der Waals surface area contributed by atoms with Crippen molar-refractivity contribution in [2.24, 2.45) is 5.92 Å². The van der Waals surface area contributed by atoms with Crippen LogP contribution in [0.5, 0.6) is 0 Å². The quantitative estimate of drug-likeness (QED) is 0.904. The van der Waals surface area contributed by atoms with Gasteiger partial charge in [-0.2, -0.15) is 0 Å². The molecule has 2 aromatic rings. The second-order valence-electron chi connectivity index (χ2n) is 6.31. The van der Waals surface area contributed by atoms with E-state index < -0.39 is 0 Å². The molecule has 23 heavy (non-hydrogen) atoms. The van der Waals surface area contributed by atoms with Gasteiger partial charge in [0.15, 0.2) is 0 Å². The molecule has 4 rings (SSSR count). The van der Waals surface area contributed by atoms with Crippen LogP contribution < -0.4 is 10.6 Å². The third kappa shape index (κ3) is 2.88. The zero-order chi connectivity index (χ0) is 16.0. The number of rotatable bonds is 3. The van der Waals surface area contributed by atoms with Crippen LogP contribution in [0.2, 0.25) is 0 Å². The monoisotopic (exact) mass is 326 g/mol. The second-order valence-corrected chi connectivity index (χ2v) is 7.63. The lowest BCUT2D eigenvalue weighted by atomic mass is 10.0. The SMILES string of the molecule is Cc1ccc([C@H]2C[C@H]2C(=O)Nc2ccc3c(c2)CCC(=O)N3)s1. The molecule has 5 heteroatoms. The molecule has 0 bridgehead atoms. The number of anilines is 2. The van der Waals surface area contributed by atoms with E-state index in [9.17, 15) is 9.59 Å².